The van der Waals surface area contributed by atoms with Crippen molar-refractivity contribution in [3.8, 4) is 0 Å². The molecule has 6 nitrogen and oxygen atoms in total. The van der Waals surface area contributed by atoms with Gasteiger partial charge in [0, 0.05) is 51.4 Å². The maximum Gasteiger partial charge on any atom is 0.316 e. The minimum absolute atomic E-state index is 0.0162. The van der Waals surface area contributed by atoms with Crippen LogP contribution in [-0.2, 0) is 19.1 Å². The molecular formula is C38H62N2O4+2. The number of carbonyl (C=O) groups excluding carboxylic acids is 2. The number of quaternary nitrogens is 2. The largest absolute Gasteiger partial charge is 0.461 e. The summed E-state index contributed by atoms with van der Waals surface area (Å²) in [6, 6.07) is 2.51. The van der Waals surface area contributed by atoms with Crippen LogP contribution in [0.15, 0.2) is 11.1 Å². The Morgan fingerprint density at radius 2 is 1.20 bits per heavy atom. The van der Waals surface area contributed by atoms with E-state index in [9.17, 15) is 9.59 Å². The van der Waals surface area contributed by atoms with Gasteiger partial charge in [-0.25, -0.2) is 0 Å². The lowest BCUT2D eigenvalue weighted by molar-refractivity contribution is -0.947. The van der Waals surface area contributed by atoms with E-state index in [0.29, 0.717) is 30.1 Å². The average Bonchev–Trinajstić information content (AvgIpc) is 3.29. The topological polar surface area (TPSA) is 52.6 Å². The highest BCUT2D eigenvalue weighted by molar-refractivity contribution is 5.84. The molecule has 1 saturated carbocycles. The lowest BCUT2D eigenvalue weighted by atomic mass is 9.55. The summed E-state index contributed by atoms with van der Waals surface area (Å²) >= 11 is 0. The van der Waals surface area contributed by atoms with Crippen LogP contribution in [0.5, 0.6) is 0 Å². The average molecular weight is 611 g/mol. The van der Waals surface area contributed by atoms with Crippen LogP contribution in [0.4, 0.5) is 0 Å². The molecule has 4 aliphatic heterocycles. The Labute approximate surface area is 267 Å². The molecule has 0 aromatic heterocycles. The van der Waals surface area contributed by atoms with Crippen molar-refractivity contribution in [2.45, 2.75) is 172 Å². The minimum Gasteiger partial charge on any atom is -0.461 e. The van der Waals surface area contributed by atoms with Crippen LogP contribution >= 0.6 is 0 Å². The fourth-order valence-electron chi connectivity index (χ4n) is 12.3. The molecule has 5 unspecified atom stereocenters. The molecule has 44 heavy (non-hydrogen) atoms. The second-order valence-corrected chi connectivity index (χ2v) is 16.7. The van der Waals surface area contributed by atoms with Crippen molar-refractivity contribution in [1.29, 1.82) is 0 Å². The molecule has 6 heteroatoms. The predicted molar refractivity (Wildman–Crippen MR) is 173 cm³/mol. The standard InChI is InChI=1S/C38H62N2O4/c1-5-39(3)27-16-17-28(39)23-31(22-27)43-36(41)34-20-21-38(26-12-8-7-9-13-26,35-15-11-10-14-33(34)35)37(42)44-32-24-29-18-19-30(25-32)40(29,4)6-2/h26-32,34H,5-25H2,1-4H3/q+2/t27-,28+,29-,30+,31?,32?,34-,38?,39?,40?/m0/s1. The van der Waals surface area contributed by atoms with E-state index in [1.807, 2.05) is 0 Å². The van der Waals surface area contributed by atoms with Crippen molar-refractivity contribution >= 4 is 11.9 Å². The Balaban J connectivity index is 1.13. The van der Waals surface area contributed by atoms with Crippen molar-refractivity contribution in [2.24, 2.45) is 17.3 Å². The Bertz CT molecular complexity index is 1110. The van der Waals surface area contributed by atoms with E-state index in [1.165, 1.54) is 73.7 Å². The summed E-state index contributed by atoms with van der Waals surface area (Å²) in [4.78, 5) is 28.8. The predicted octanol–water partition coefficient (Wildman–Crippen LogP) is 7.24. The highest BCUT2D eigenvalue weighted by Gasteiger charge is 2.58. The SMILES string of the molecule is CC[N+]1(C)[C@@H]2CC[C@H]1CC(OC(=O)[C@H]1CCC(C(=O)OC3C[C@H]4CC[C@@H](C3)[N+]4(C)CC)(C3CCCCC3)C3=C1CCCC3)C2. The molecule has 0 aromatic rings. The molecule has 4 saturated heterocycles. The van der Waals surface area contributed by atoms with Gasteiger partial charge in [-0.05, 0) is 71.1 Å². The summed E-state index contributed by atoms with van der Waals surface area (Å²) in [5, 5.41) is 0. The number of nitrogens with zero attached hydrogens (tertiary/aromatic N) is 2. The summed E-state index contributed by atoms with van der Waals surface area (Å²) in [6.45, 7) is 7.00. The second-order valence-electron chi connectivity index (χ2n) is 16.7. The Morgan fingerprint density at radius 1 is 0.682 bits per heavy atom. The molecule has 0 spiro atoms. The zero-order valence-electron chi connectivity index (χ0n) is 28.5. The van der Waals surface area contributed by atoms with E-state index in [-0.39, 0.29) is 30.1 Å². The fraction of sp³-hybridized carbons (Fsp3) is 0.895. The van der Waals surface area contributed by atoms with Crippen molar-refractivity contribution in [3.05, 3.63) is 11.1 Å². The van der Waals surface area contributed by atoms with Crippen LogP contribution in [-0.4, -0.2) is 84.5 Å². The Hall–Kier alpha value is -1.40. The quantitative estimate of drug-likeness (QED) is 0.173. The number of esters is 2. The first-order chi connectivity index (χ1) is 21.2. The number of hydrogen-bond donors (Lipinski definition) is 0. The number of fused-ring (bicyclic) bond motifs is 4. The molecule has 0 N–H and O–H groups in total. The van der Waals surface area contributed by atoms with Gasteiger partial charge < -0.3 is 18.4 Å². The molecule has 7 rings (SSSR count). The molecule has 4 heterocycles. The van der Waals surface area contributed by atoms with Gasteiger partial charge in [-0.3, -0.25) is 9.59 Å². The first-order valence-electron chi connectivity index (χ1n) is 19.1. The van der Waals surface area contributed by atoms with Gasteiger partial charge in [-0.1, -0.05) is 30.4 Å². The minimum atomic E-state index is -0.517. The van der Waals surface area contributed by atoms with Crippen LogP contribution in [0, 0.1) is 17.3 Å². The van der Waals surface area contributed by atoms with E-state index in [0.717, 1.165) is 81.5 Å². The van der Waals surface area contributed by atoms with Crippen molar-refractivity contribution in [1.82, 2.24) is 0 Å². The molecular weight excluding hydrogens is 548 g/mol. The third kappa shape index (κ3) is 4.93. The summed E-state index contributed by atoms with van der Waals surface area (Å²) < 4.78 is 15.5. The molecule has 246 valence electrons. The Morgan fingerprint density at radius 3 is 1.75 bits per heavy atom. The number of rotatable bonds is 7. The van der Waals surface area contributed by atoms with E-state index in [1.54, 1.807) is 0 Å². The number of hydrogen-bond acceptors (Lipinski definition) is 4. The maximum atomic E-state index is 14.8. The van der Waals surface area contributed by atoms with E-state index >= 15 is 0 Å². The van der Waals surface area contributed by atoms with Gasteiger partial charge in [0.05, 0.1) is 62.7 Å². The van der Waals surface area contributed by atoms with Crippen LogP contribution in [0.2, 0.25) is 0 Å². The summed E-state index contributed by atoms with van der Waals surface area (Å²) in [7, 11) is 4.85. The summed E-state index contributed by atoms with van der Waals surface area (Å²) in [5.74, 6) is 0.305. The normalized spacial score (nSPS) is 45.6. The van der Waals surface area contributed by atoms with Crippen molar-refractivity contribution in [2.75, 3.05) is 27.2 Å². The van der Waals surface area contributed by atoms with Crippen LogP contribution in [0.25, 0.3) is 0 Å². The van der Waals surface area contributed by atoms with Gasteiger partial charge in [-0.2, -0.15) is 0 Å². The van der Waals surface area contributed by atoms with Gasteiger partial charge in [-0.15, -0.1) is 0 Å². The first-order valence-corrected chi connectivity index (χ1v) is 19.1. The third-order valence-electron chi connectivity index (χ3n) is 15.3. The van der Waals surface area contributed by atoms with Crippen molar-refractivity contribution in [3.63, 3.8) is 0 Å². The highest BCUT2D eigenvalue weighted by atomic mass is 16.5. The molecule has 4 bridgehead atoms. The molecule has 0 radical (unpaired) electrons. The summed E-state index contributed by atoms with van der Waals surface area (Å²) in [5.41, 5.74) is 2.11. The Kier molecular flexibility index (Phi) is 8.51. The number of carbonyl (C=O) groups is 2. The molecule has 5 fully saturated rings. The molecule has 10 atom stereocenters. The molecule has 0 aromatic carbocycles. The van der Waals surface area contributed by atoms with Gasteiger partial charge >= 0.3 is 11.9 Å². The van der Waals surface area contributed by atoms with E-state index < -0.39 is 5.41 Å². The lowest BCUT2D eigenvalue weighted by Gasteiger charge is -2.50. The highest BCUT2D eigenvalue weighted by Crippen LogP contribution is 2.57. The van der Waals surface area contributed by atoms with Crippen LogP contribution < -0.4 is 0 Å². The number of ether oxygens (including phenoxy) is 2. The first kappa shape index (κ1) is 31.2. The van der Waals surface area contributed by atoms with Crippen LogP contribution in [0.1, 0.15) is 136 Å². The lowest BCUT2D eigenvalue weighted by Crippen LogP contribution is -2.59. The van der Waals surface area contributed by atoms with E-state index in [4.69, 9.17) is 9.47 Å². The maximum absolute atomic E-state index is 14.8. The second kappa shape index (κ2) is 12.0. The zero-order chi connectivity index (χ0) is 30.7. The number of piperidine rings is 2. The van der Waals surface area contributed by atoms with Gasteiger partial charge in [0.25, 0.3) is 0 Å². The molecule has 7 aliphatic rings. The summed E-state index contributed by atoms with van der Waals surface area (Å²) in [6.07, 6.45) is 20.9. The van der Waals surface area contributed by atoms with Gasteiger partial charge in [0.15, 0.2) is 0 Å². The van der Waals surface area contributed by atoms with Crippen molar-refractivity contribution < 1.29 is 28.0 Å². The zero-order valence-corrected chi connectivity index (χ0v) is 28.5. The third-order valence-corrected chi connectivity index (χ3v) is 15.3. The fourth-order valence-corrected chi connectivity index (χ4v) is 12.3. The van der Waals surface area contributed by atoms with E-state index in [2.05, 4.69) is 27.9 Å². The van der Waals surface area contributed by atoms with Gasteiger partial charge in [0.2, 0.25) is 0 Å². The monoisotopic (exact) mass is 610 g/mol. The molecule has 3 aliphatic carbocycles. The van der Waals surface area contributed by atoms with Gasteiger partial charge in [0.1, 0.15) is 12.2 Å². The smallest absolute Gasteiger partial charge is 0.316 e. The molecule has 0 amide bonds. The van der Waals surface area contributed by atoms with Crippen LogP contribution in [0.3, 0.4) is 0 Å².